The van der Waals surface area contributed by atoms with Crippen LogP contribution >= 0.6 is 0 Å². The van der Waals surface area contributed by atoms with Gasteiger partial charge in [0.15, 0.2) is 0 Å². The lowest BCUT2D eigenvalue weighted by atomic mass is 9.69. The Morgan fingerprint density at radius 1 is 1.00 bits per heavy atom. The zero-order valence-corrected chi connectivity index (χ0v) is 14.8. The van der Waals surface area contributed by atoms with E-state index in [4.69, 9.17) is 0 Å². The summed E-state index contributed by atoms with van der Waals surface area (Å²) in [5, 5.41) is 3.69. The molecule has 1 aromatic carbocycles. The van der Waals surface area contributed by atoms with Gasteiger partial charge in [-0.05, 0) is 80.7 Å². The Hall–Kier alpha value is -0.820. The first kappa shape index (κ1) is 16.5. The molecule has 0 bridgehead atoms. The molecular formula is C20H33N. The average Bonchev–Trinajstić information content (AvgIpc) is 2.84. The number of hydrogen-bond donors (Lipinski definition) is 1. The number of nitrogens with one attached hydrogen (secondary N) is 1. The highest BCUT2D eigenvalue weighted by atomic mass is 14.9. The summed E-state index contributed by atoms with van der Waals surface area (Å²) in [6.45, 7) is 11.5. The predicted molar refractivity (Wildman–Crippen MR) is 92.8 cm³/mol. The molecule has 118 valence electrons. The third-order valence-corrected chi connectivity index (χ3v) is 5.51. The van der Waals surface area contributed by atoms with E-state index in [0.29, 0.717) is 11.5 Å². The van der Waals surface area contributed by atoms with E-state index in [-0.39, 0.29) is 0 Å². The van der Waals surface area contributed by atoms with Crippen LogP contribution in [-0.4, -0.2) is 7.05 Å². The highest BCUT2D eigenvalue weighted by Gasteiger charge is 2.42. The normalized spacial score (nSPS) is 19.2. The second-order valence-electron chi connectivity index (χ2n) is 7.68. The van der Waals surface area contributed by atoms with E-state index in [2.05, 4.69) is 59.1 Å². The van der Waals surface area contributed by atoms with Crippen LogP contribution in [0.5, 0.6) is 0 Å². The summed E-state index contributed by atoms with van der Waals surface area (Å²) in [5.74, 6) is 0.769. The quantitative estimate of drug-likeness (QED) is 0.756. The maximum atomic E-state index is 3.69. The van der Waals surface area contributed by atoms with Crippen molar-refractivity contribution in [3.8, 4) is 0 Å². The predicted octanol–water partition coefficient (Wildman–Crippen LogP) is 5.48. The van der Waals surface area contributed by atoms with Gasteiger partial charge in [0.25, 0.3) is 0 Å². The molecule has 0 saturated heterocycles. The second-order valence-corrected chi connectivity index (χ2v) is 7.68. The molecule has 1 saturated carbocycles. The van der Waals surface area contributed by atoms with Crippen LogP contribution in [0.1, 0.15) is 74.2 Å². The Morgan fingerprint density at radius 3 is 2.10 bits per heavy atom. The molecule has 0 radical (unpaired) electrons. The van der Waals surface area contributed by atoms with Crippen molar-refractivity contribution in [2.24, 2.45) is 11.3 Å². The third kappa shape index (κ3) is 3.34. The Balaban J connectivity index is 2.44. The highest BCUT2D eigenvalue weighted by Crippen LogP contribution is 2.52. The first-order valence-corrected chi connectivity index (χ1v) is 8.64. The van der Waals surface area contributed by atoms with E-state index in [9.17, 15) is 0 Å². The molecule has 2 rings (SSSR count). The van der Waals surface area contributed by atoms with Crippen LogP contribution in [0.4, 0.5) is 0 Å². The zero-order valence-electron chi connectivity index (χ0n) is 14.8. The summed E-state index contributed by atoms with van der Waals surface area (Å²) in [7, 11) is 2.15. The summed E-state index contributed by atoms with van der Waals surface area (Å²) in [4.78, 5) is 0. The minimum atomic E-state index is 0.454. The molecule has 0 spiro atoms. The fourth-order valence-corrected chi connectivity index (χ4v) is 4.59. The molecule has 1 heteroatoms. The second kappa shape index (κ2) is 6.52. The Morgan fingerprint density at radius 2 is 1.57 bits per heavy atom. The molecule has 1 fully saturated rings. The van der Waals surface area contributed by atoms with Crippen molar-refractivity contribution in [2.45, 2.75) is 72.8 Å². The fraction of sp³-hybridized carbons (Fsp3) is 0.700. The van der Waals surface area contributed by atoms with Crippen molar-refractivity contribution in [3.63, 3.8) is 0 Å². The molecule has 0 amide bonds. The molecule has 1 unspecified atom stereocenters. The van der Waals surface area contributed by atoms with Gasteiger partial charge in [-0.3, -0.25) is 0 Å². The van der Waals surface area contributed by atoms with Gasteiger partial charge in [-0.1, -0.05) is 38.8 Å². The van der Waals surface area contributed by atoms with E-state index in [1.807, 2.05) is 0 Å². The van der Waals surface area contributed by atoms with Crippen LogP contribution in [0.3, 0.4) is 0 Å². The van der Waals surface area contributed by atoms with Gasteiger partial charge in [-0.2, -0.15) is 0 Å². The van der Waals surface area contributed by atoms with E-state index >= 15 is 0 Å². The summed E-state index contributed by atoms with van der Waals surface area (Å²) in [6.07, 6.45) is 6.89. The molecule has 1 aliphatic carbocycles. The van der Waals surface area contributed by atoms with Gasteiger partial charge in [0.1, 0.15) is 0 Å². The molecule has 1 N–H and O–H groups in total. The molecule has 1 aliphatic rings. The smallest absolute Gasteiger partial charge is 0.0377 e. The van der Waals surface area contributed by atoms with Crippen molar-refractivity contribution in [2.75, 3.05) is 7.05 Å². The lowest BCUT2D eigenvalue weighted by Crippen LogP contribution is -2.36. The van der Waals surface area contributed by atoms with Gasteiger partial charge >= 0.3 is 0 Å². The van der Waals surface area contributed by atoms with E-state index in [1.165, 1.54) is 54.4 Å². The number of hydrogen-bond acceptors (Lipinski definition) is 1. The van der Waals surface area contributed by atoms with E-state index in [0.717, 1.165) is 5.92 Å². The van der Waals surface area contributed by atoms with Crippen LogP contribution < -0.4 is 5.32 Å². The largest absolute Gasteiger partial charge is 0.313 e. The lowest BCUT2D eigenvalue weighted by molar-refractivity contribution is 0.161. The van der Waals surface area contributed by atoms with Crippen LogP contribution in [-0.2, 0) is 0 Å². The van der Waals surface area contributed by atoms with E-state index in [1.54, 1.807) is 0 Å². The lowest BCUT2D eigenvalue weighted by Gasteiger charge is -2.40. The Labute approximate surface area is 131 Å². The van der Waals surface area contributed by atoms with Crippen molar-refractivity contribution in [3.05, 3.63) is 34.4 Å². The minimum Gasteiger partial charge on any atom is -0.313 e. The number of rotatable bonds is 5. The SMILES string of the molecule is CNC(c1cc(C)c(C)cc1C)C1(CC(C)C)CCCC1. The van der Waals surface area contributed by atoms with Crippen molar-refractivity contribution in [1.82, 2.24) is 5.32 Å². The summed E-state index contributed by atoms with van der Waals surface area (Å²) in [5.41, 5.74) is 6.27. The van der Waals surface area contributed by atoms with Gasteiger partial charge in [0, 0.05) is 6.04 Å². The zero-order chi connectivity index (χ0) is 15.6. The molecule has 1 aromatic rings. The van der Waals surface area contributed by atoms with Crippen LogP contribution in [0.25, 0.3) is 0 Å². The van der Waals surface area contributed by atoms with Gasteiger partial charge in [-0.25, -0.2) is 0 Å². The maximum Gasteiger partial charge on any atom is 0.0377 e. The minimum absolute atomic E-state index is 0.454. The van der Waals surface area contributed by atoms with Crippen molar-refractivity contribution >= 4 is 0 Å². The molecule has 0 aromatic heterocycles. The summed E-state index contributed by atoms with van der Waals surface area (Å²) < 4.78 is 0. The average molecular weight is 287 g/mol. The molecule has 21 heavy (non-hydrogen) atoms. The van der Waals surface area contributed by atoms with Gasteiger partial charge < -0.3 is 5.32 Å². The van der Waals surface area contributed by atoms with Crippen LogP contribution in [0, 0.1) is 32.1 Å². The number of aryl methyl sites for hydroxylation is 3. The molecule has 0 aliphatic heterocycles. The fourth-order valence-electron chi connectivity index (χ4n) is 4.59. The monoisotopic (exact) mass is 287 g/mol. The van der Waals surface area contributed by atoms with Crippen molar-refractivity contribution < 1.29 is 0 Å². The Bertz CT molecular complexity index is 481. The topological polar surface area (TPSA) is 12.0 Å². The molecule has 1 atom stereocenters. The summed E-state index contributed by atoms with van der Waals surface area (Å²) in [6, 6.07) is 5.31. The maximum absolute atomic E-state index is 3.69. The van der Waals surface area contributed by atoms with Crippen molar-refractivity contribution in [1.29, 1.82) is 0 Å². The van der Waals surface area contributed by atoms with Crippen LogP contribution in [0.2, 0.25) is 0 Å². The first-order chi connectivity index (χ1) is 9.89. The highest BCUT2D eigenvalue weighted by molar-refractivity contribution is 5.39. The van der Waals surface area contributed by atoms with E-state index < -0.39 is 0 Å². The molecular weight excluding hydrogens is 254 g/mol. The van der Waals surface area contributed by atoms with Crippen LogP contribution in [0.15, 0.2) is 12.1 Å². The molecule has 0 heterocycles. The first-order valence-electron chi connectivity index (χ1n) is 8.64. The Kier molecular flexibility index (Phi) is 5.14. The number of benzene rings is 1. The third-order valence-electron chi connectivity index (χ3n) is 5.51. The summed E-state index contributed by atoms with van der Waals surface area (Å²) >= 11 is 0. The van der Waals surface area contributed by atoms with Gasteiger partial charge in [0.2, 0.25) is 0 Å². The molecule has 1 nitrogen and oxygen atoms in total. The van der Waals surface area contributed by atoms with Gasteiger partial charge in [-0.15, -0.1) is 0 Å². The van der Waals surface area contributed by atoms with Gasteiger partial charge in [0.05, 0.1) is 0 Å². The standard InChI is InChI=1S/C20H33N/c1-14(2)13-20(9-7-8-10-20)19(21-6)18-12-16(4)15(3)11-17(18)5/h11-12,14,19,21H,7-10,13H2,1-6H3.